The maximum atomic E-state index is 11.6. The molecule has 0 spiro atoms. The molecule has 0 saturated carbocycles. The monoisotopic (exact) mass is 305 g/mol. The van der Waals surface area contributed by atoms with Gasteiger partial charge in [0, 0.05) is 12.7 Å². The van der Waals surface area contributed by atoms with Crippen molar-refractivity contribution in [3.05, 3.63) is 15.8 Å². The van der Waals surface area contributed by atoms with Crippen LogP contribution in [0.5, 0.6) is 0 Å². The normalized spacial score (nSPS) is 11.1. The molecule has 0 fully saturated rings. The van der Waals surface area contributed by atoms with Crippen molar-refractivity contribution in [2.75, 3.05) is 24.4 Å². The summed E-state index contributed by atoms with van der Waals surface area (Å²) in [5.41, 5.74) is 1.12. The van der Waals surface area contributed by atoms with Crippen molar-refractivity contribution in [1.29, 1.82) is 0 Å². The molecule has 6 nitrogen and oxygen atoms in total. The number of hydrogen-bond donors (Lipinski definition) is 1. The van der Waals surface area contributed by atoms with E-state index >= 15 is 0 Å². The number of thiophene rings is 1. The smallest absolute Gasteiger partial charge is 0.350 e. The van der Waals surface area contributed by atoms with Crippen LogP contribution >= 0.6 is 11.3 Å². The van der Waals surface area contributed by atoms with Crippen LogP contribution in [0.4, 0.5) is 5.69 Å². The fourth-order valence-corrected chi connectivity index (χ4v) is 2.80. The minimum Gasteiger partial charge on any atom is -0.465 e. The molecule has 1 N–H and O–H groups in total. The van der Waals surface area contributed by atoms with E-state index in [1.807, 2.05) is 0 Å². The van der Waals surface area contributed by atoms with Crippen LogP contribution in [0, 0.1) is 6.92 Å². The molecule has 0 saturated heterocycles. The number of nitrogens with one attached hydrogen (secondary N) is 1. The molecule has 0 bridgehead atoms. The fourth-order valence-electron chi connectivity index (χ4n) is 1.32. The molecule has 0 aliphatic carbocycles. The van der Waals surface area contributed by atoms with E-state index in [2.05, 4.69) is 10.1 Å². The van der Waals surface area contributed by atoms with Gasteiger partial charge in [0.15, 0.2) is 0 Å². The molecule has 19 heavy (non-hydrogen) atoms. The summed E-state index contributed by atoms with van der Waals surface area (Å²) in [5.74, 6) is -1.20. The minimum atomic E-state index is -3.19. The molecule has 106 valence electrons. The summed E-state index contributed by atoms with van der Waals surface area (Å²) in [7, 11) is -1.93. The highest BCUT2D eigenvalue weighted by molar-refractivity contribution is 7.90. The molecule has 1 amide bonds. The van der Waals surface area contributed by atoms with Crippen molar-refractivity contribution in [2.24, 2.45) is 0 Å². The summed E-state index contributed by atoms with van der Waals surface area (Å²) in [6.45, 7) is 1.75. The van der Waals surface area contributed by atoms with E-state index in [4.69, 9.17) is 0 Å². The number of aryl methyl sites for hydroxylation is 1. The van der Waals surface area contributed by atoms with E-state index in [-0.39, 0.29) is 12.2 Å². The lowest BCUT2D eigenvalue weighted by atomic mass is 10.2. The fraction of sp³-hybridized carbons (Fsp3) is 0.455. The molecular formula is C11H15NO5S2. The molecule has 1 aromatic heterocycles. The molecule has 1 heterocycles. The Balaban J connectivity index is 2.79. The van der Waals surface area contributed by atoms with Crippen LogP contribution in [-0.2, 0) is 19.4 Å². The summed E-state index contributed by atoms with van der Waals surface area (Å²) in [6, 6.07) is 0. The second-order valence-electron chi connectivity index (χ2n) is 4.04. The first-order valence-corrected chi connectivity index (χ1v) is 8.32. The topological polar surface area (TPSA) is 89.5 Å². The summed E-state index contributed by atoms with van der Waals surface area (Å²) in [6.07, 6.45) is 0.921. The number of amides is 1. The Morgan fingerprint density at radius 2 is 2.05 bits per heavy atom. The molecule has 0 aliphatic rings. The number of ether oxygens (including phenoxy) is 1. The molecule has 0 aliphatic heterocycles. The zero-order chi connectivity index (χ0) is 14.6. The summed E-state index contributed by atoms with van der Waals surface area (Å²) < 4.78 is 26.6. The highest BCUT2D eigenvalue weighted by atomic mass is 32.2. The number of sulfone groups is 1. The van der Waals surface area contributed by atoms with E-state index in [1.165, 1.54) is 18.4 Å². The SMILES string of the molecule is COC(=O)c1scc(C)c1NC(=O)CCS(C)(=O)=O. The average molecular weight is 305 g/mol. The van der Waals surface area contributed by atoms with Crippen LogP contribution in [0.1, 0.15) is 21.7 Å². The van der Waals surface area contributed by atoms with Crippen molar-refractivity contribution >= 4 is 38.7 Å². The summed E-state index contributed by atoms with van der Waals surface area (Å²) in [4.78, 5) is 23.4. The first-order chi connectivity index (χ1) is 8.74. The lowest BCUT2D eigenvalue weighted by molar-refractivity contribution is -0.115. The third-order valence-electron chi connectivity index (χ3n) is 2.31. The summed E-state index contributed by atoms with van der Waals surface area (Å²) >= 11 is 1.17. The number of rotatable bonds is 5. The van der Waals surface area contributed by atoms with E-state index < -0.39 is 21.7 Å². The number of hydrogen-bond acceptors (Lipinski definition) is 6. The van der Waals surface area contributed by atoms with Crippen molar-refractivity contribution in [3.63, 3.8) is 0 Å². The molecule has 0 aromatic carbocycles. The van der Waals surface area contributed by atoms with Gasteiger partial charge in [-0.25, -0.2) is 13.2 Å². The third-order valence-corrected chi connectivity index (χ3v) is 4.33. The van der Waals surface area contributed by atoms with Gasteiger partial charge in [0.25, 0.3) is 0 Å². The van der Waals surface area contributed by atoms with Crippen LogP contribution in [-0.4, -0.2) is 39.4 Å². The van der Waals surface area contributed by atoms with E-state index in [0.717, 1.165) is 11.8 Å². The number of esters is 1. The lowest BCUT2D eigenvalue weighted by Gasteiger charge is -2.06. The maximum absolute atomic E-state index is 11.6. The van der Waals surface area contributed by atoms with Gasteiger partial charge in [0.2, 0.25) is 5.91 Å². The summed E-state index contributed by atoms with van der Waals surface area (Å²) in [5, 5.41) is 4.27. The van der Waals surface area contributed by atoms with Gasteiger partial charge in [-0.05, 0) is 17.9 Å². The Labute approximate surface area is 115 Å². The van der Waals surface area contributed by atoms with Crippen LogP contribution in [0.3, 0.4) is 0 Å². The Bertz CT molecular complexity index is 588. The second kappa shape index (κ2) is 6.16. The molecule has 8 heteroatoms. The molecule has 0 radical (unpaired) electrons. The second-order valence-corrected chi connectivity index (χ2v) is 7.18. The Kier molecular flexibility index (Phi) is 5.07. The van der Waals surface area contributed by atoms with E-state index in [9.17, 15) is 18.0 Å². The lowest BCUT2D eigenvalue weighted by Crippen LogP contribution is -2.18. The van der Waals surface area contributed by atoms with Gasteiger partial charge in [0.05, 0.1) is 18.6 Å². The van der Waals surface area contributed by atoms with Crippen molar-refractivity contribution in [1.82, 2.24) is 0 Å². The predicted molar refractivity (Wildman–Crippen MR) is 73.4 cm³/mol. The first kappa shape index (κ1) is 15.6. The van der Waals surface area contributed by atoms with Gasteiger partial charge in [-0.2, -0.15) is 0 Å². The minimum absolute atomic E-state index is 0.144. The van der Waals surface area contributed by atoms with Crippen molar-refractivity contribution < 1.29 is 22.7 Å². The first-order valence-electron chi connectivity index (χ1n) is 5.38. The van der Waals surface area contributed by atoms with Crippen molar-refractivity contribution in [2.45, 2.75) is 13.3 Å². The number of carbonyl (C=O) groups is 2. The van der Waals surface area contributed by atoms with Gasteiger partial charge in [-0.3, -0.25) is 4.79 Å². The number of methoxy groups -OCH3 is 1. The molecule has 0 unspecified atom stereocenters. The zero-order valence-electron chi connectivity index (χ0n) is 10.8. The van der Waals surface area contributed by atoms with Gasteiger partial charge in [-0.15, -0.1) is 11.3 Å². The largest absolute Gasteiger partial charge is 0.465 e. The Morgan fingerprint density at radius 1 is 1.42 bits per heavy atom. The highest BCUT2D eigenvalue weighted by Gasteiger charge is 2.19. The van der Waals surface area contributed by atoms with Crippen LogP contribution in [0.25, 0.3) is 0 Å². The van der Waals surface area contributed by atoms with Gasteiger partial charge >= 0.3 is 5.97 Å². The van der Waals surface area contributed by atoms with Gasteiger partial charge in [-0.1, -0.05) is 0 Å². The zero-order valence-corrected chi connectivity index (χ0v) is 12.5. The van der Waals surface area contributed by atoms with E-state index in [1.54, 1.807) is 12.3 Å². The number of carbonyl (C=O) groups excluding carboxylic acids is 2. The third kappa shape index (κ3) is 4.64. The number of anilines is 1. The van der Waals surface area contributed by atoms with Crippen LogP contribution in [0.15, 0.2) is 5.38 Å². The molecule has 1 aromatic rings. The molecular weight excluding hydrogens is 290 g/mol. The molecule has 1 rings (SSSR count). The standard InChI is InChI=1S/C11H15NO5S2/c1-7-6-18-10(11(14)17-2)9(7)12-8(13)4-5-19(3,15)16/h6H,4-5H2,1-3H3,(H,12,13). The van der Waals surface area contributed by atoms with Gasteiger partial charge < -0.3 is 10.1 Å². The predicted octanol–water partition coefficient (Wildman–Crippen LogP) is 1.22. The maximum Gasteiger partial charge on any atom is 0.350 e. The average Bonchev–Trinajstić information content (AvgIpc) is 2.67. The van der Waals surface area contributed by atoms with E-state index in [0.29, 0.717) is 10.6 Å². The molecule has 0 atom stereocenters. The Hall–Kier alpha value is -1.41. The quantitative estimate of drug-likeness (QED) is 0.826. The van der Waals surface area contributed by atoms with Crippen molar-refractivity contribution in [3.8, 4) is 0 Å². The van der Waals surface area contributed by atoms with Gasteiger partial charge in [0.1, 0.15) is 14.7 Å². The highest BCUT2D eigenvalue weighted by Crippen LogP contribution is 2.28. The Morgan fingerprint density at radius 3 is 2.58 bits per heavy atom. The van der Waals surface area contributed by atoms with Crippen LogP contribution < -0.4 is 5.32 Å². The van der Waals surface area contributed by atoms with Crippen LogP contribution in [0.2, 0.25) is 0 Å².